The molecule has 0 fully saturated rings. The van der Waals surface area contributed by atoms with E-state index in [0.717, 1.165) is 23.5 Å². The van der Waals surface area contributed by atoms with Gasteiger partial charge in [0.05, 0.1) is 12.4 Å². The van der Waals surface area contributed by atoms with Crippen LogP contribution in [0.1, 0.15) is 19.4 Å². The van der Waals surface area contributed by atoms with Crippen LogP contribution in [0.5, 0.6) is 0 Å². The first kappa shape index (κ1) is 15.3. The molecule has 0 saturated carbocycles. The first-order chi connectivity index (χ1) is 8.67. The summed E-state index contributed by atoms with van der Waals surface area (Å²) < 4.78 is 4.91. The lowest BCUT2D eigenvalue weighted by atomic mass is 10.2. The molecule has 0 aliphatic carbocycles. The highest BCUT2D eigenvalue weighted by molar-refractivity contribution is 8.00. The van der Waals surface area contributed by atoms with E-state index in [1.165, 1.54) is 11.8 Å². The van der Waals surface area contributed by atoms with E-state index in [0.29, 0.717) is 17.4 Å². The van der Waals surface area contributed by atoms with Gasteiger partial charge in [-0.05, 0) is 37.2 Å². The van der Waals surface area contributed by atoms with Gasteiger partial charge < -0.3 is 10.1 Å². The average molecular weight is 288 g/mol. The number of thioether (sulfide) groups is 1. The van der Waals surface area contributed by atoms with Gasteiger partial charge in [-0.15, -0.1) is 11.8 Å². The van der Waals surface area contributed by atoms with Crippen molar-refractivity contribution in [3.8, 4) is 0 Å². The van der Waals surface area contributed by atoms with Crippen LogP contribution >= 0.6 is 23.4 Å². The number of halogens is 1. The summed E-state index contributed by atoms with van der Waals surface area (Å²) in [4.78, 5) is 12.4. The van der Waals surface area contributed by atoms with Gasteiger partial charge in [-0.3, -0.25) is 4.79 Å². The lowest BCUT2D eigenvalue weighted by Crippen LogP contribution is -2.13. The fourth-order valence-electron chi connectivity index (χ4n) is 1.43. The Morgan fingerprint density at radius 3 is 2.89 bits per heavy atom. The van der Waals surface area contributed by atoms with E-state index < -0.39 is 0 Å². The molecule has 0 aromatic heterocycles. The van der Waals surface area contributed by atoms with Crippen molar-refractivity contribution in [2.75, 3.05) is 18.9 Å². The van der Waals surface area contributed by atoms with Crippen LogP contribution in [-0.2, 0) is 16.1 Å². The molecule has 0 unspecified atom stereocenters. The number of carbonyl (C=O) groups is 1. The minimum atomic E-state index is -0.188. The maximum absolute atomic E-state index is 11.3. The van der Waals surface area contributed by atoms with Gasteiger partial charge in [0.15, 0.2) is 0 Å². The highest BCUT2D eigenvalue weighted by Crippen LogP contribution is 2.25. The molecule has 0 saturated heterocycles. The number of esters is 1. The zero-order valence-electron chi connectivity index (χ0n) is 10.7. The van der Waals surface area contributed by atoms with Crippen LogP contribution in [0.4, 0.5) is 0 Å². The van der Waals surface area contributed by atoms with Crippen LogP contribution in [-0.4, -0.2) is 24.9 Å². The van der Waals surface area contributed by atoms with E-state index in [-0.39, 0.29) is 5.97 Å². The molecule has 0 heterocycles. The van der Waals surface area contributed by atoms with E-state index in [4.69, 9.17) is 16.3 Å². The monoisotopic (exact) mass is 287 g/mol. The molecule has 100 valence electrons. The Labute approximate surface area is 117 Å². The SMILES string of the molecule is CCNCc1cc(Cl)ccc1SCC(=O)OCC. The summed E-state index contributed by atoms with van der Waals surface area (Å²) in [6, 6.07) is 5.71. The molecule has 0 aliphatic rings. The molecule has 5 heteroatoms. The number of hydrogen-bond acceptors (Lipinski definition) is 4. The molecular weight excluding hydrogens is 270 g/mol. The van der Waals surface area contributed by atoms with Crippen LogP contribution in [0, 0.1) is 0 Å². The van der Waals surface area contributed by atoms with Gasteiger partial charge in [-0.1, -0.05) is 18.5 Å². The minimum absolute atomic E-state index is 0.188. The van der Waals surface area contributed by atoms with Gasteiger partial charge in [0, 0.05) is 16.5 Å². The van der Waals surface area contributed by atoms with Crippen molar-refractivity contribution in [2.45, 2.75) is 25.3 Å². The van der Waals surface area contributed by atoms with E-state index >= 15 is 0 Å². The van der Waals surface area contributed by atoms with E-state index in [1.807, 2.05) is 18.2 Å². The second-order valence-corrected chi connectivity index (χ2v) is 5.08. The van der Waals surface area contributed by atoms with Crippen molar-refractivity contribution in [1.82, 2.24) is 5.32 Å². The molecule has 1 aromatic carbocycles. The first-order valence-electron chi connectivity index (χ1n) is 5.95. The fourth-order valence-corrected chi connectivity index (χ4v) is 2.46. The predicted octanol–water partition coefficient (Wildman–Crippen LogP) is 3.10. The molecule has 1 N–H and O–H groups in total. The molecule has 0 bridgehead atoms. The summed E-state index contributed by atoms with van der Waals surface area (Å²) in [7, 11) is 0. The van der Waals surface area contributed by atoms with Gasteiger partial charge in [-0.25, -0.2) is 0 Å². The van der Waals surface area contributed by atoms with E-state index in [1.54, 1.807) is 6.92 Å². The Hall–Kier alpha value is -0.710. The van der Waals surface area contributed by atoms with Gasteiger partial charge >= 0.3 is 5.97 Å². The highest BCUT2D eigenvalue weighted by Gasteiger charge is 2.07. The van der Waals surface area contributed by atoms with Crippen LogP contribution < -0.4 is 5.32 Å². The van der Waals surface area contributed by atoms with Crippen molar-refractivity contribution in [3.63, 3.8) is 0 Å². The molecular formula is C13H18ClNO2S. The predicted molar refractivity (Wildman–Crippen MR) is 76.2 cm³/mol. The van der Waals surface area contributed by atoms with Crippen LogP contribution in [0.25, 0.3) is 0 Å². The molecule has 0 amide bonds. The standard InChI is InChI=1S/C13H18ClNO2S/c1-3-15-8-10-7-11(14)5-6-12(10)18-9-13(16)17-4-2/h5-7,15H,3-4,8-9H2,1-2H3. The number of rotatable bonds is 7. The van der Waals surface area contributed by atoms with Gasteiger partial charge in [0.2, 0.25) is 0 Å². The molecule has 3 nitrogen and oxygen atoms in total. The van der Waals surface area contributed by atoms with Crippen molar-refractivity contribution < 1.29 is 9.53 Å². The van der Waals surface area contributed by atoms with Gasteiger partial charge in [0.25, 0.3) is 0 Å². The quantitative estimate of drug-likeness (QED) is 0.618. The Morgan fingerprint density at radius 2 is 2.22 bits per heavy atom. The lowest BCUT2D eigenvalue weighted by molar-refractivity contribution is -0.139. The summed E-state index contributed by atoms with van der Waals surface area (Å²) in [5.41, 5.74) is 1.11. The van der Waals surface area contributed by atoms with Gasteiger partial charge in [-0.2, -0.15) is 0 Å². The van der Waals surface area contributed by atoms with E-state index in [2.05, 4.69) is 12.2 Å². The van der Waals surface area contributed by atoms with Crippen molar-refractivity contribution in [2.24, 2.45) is 0 Å². The smallest absolute Gasteiger partial charge is 0.316 e. The first-order valence-corrected chi connectivity index (χ1v) is 7.31. The molecule has 0 radical (unpaired) electrons. The Kier molecular flexibility index (Phi) is 7.16. The Morgan fingerprint density at radius 1 is 1.44 bits per heavy atom. The zero-order chi connectivity index (χ0) is 13.4. The molecule has 0 aliphatic heterocycles. The molecule has 0 atom stereocenters. The number of ether oxygens (including phenoxy) is 1. The second kappa shape index (κ2) is 8.40. The van der Waals surface area contributed by atoms with Crippen LogP contribution in [0.3, 0.4) is 0 Å². The third-order valence-electron chi connectivity index (χ3n) is 2.24. The maximum Gasteiger partial charge on any atom is 0.316 e. The summed E-state index contributed by atoms with van der Waals surface area (Å²) in [5, 5.41) is 3.97. The summed E-state index contributed by atoms with van der Waals surface area (Å²) in [6.07, 6.45) is 0. The molecule has 18 heavy (non-hydrogen) atoms. The second-order valence-electron chi connectivity index (χ2n) is 3.63. The fraction of sp³-hybridized carbons (Fsp3) is 0.462. The molecule has 0 spiro atoms. The van der Waals surface area contributed by atoms with Crippen molar-refractivity contribution in [1.29, 1.82) is 0 Å². The highest BCUT2D eigenvalue weighted by atomic mass is 35.5. The largest absolute Gasteiger partial charge is 0.465 e. The topological polar surface area (TPSA) is 38.3 Å². The van der Waals surface area contributed by atoms with Gasteiger partial charge in [0.1, 0.15) is 0 Å². The number of carbonyl (C=O) groups excluding carboxylic acids is 1. The van der Waals surface area contributed by atoms with Crippen molar-refractivity contribution in [3.05, 3.63) is 28.8 Å². The third kappa shape index (κ3) is 5.29. The average Bonchev–Trinajstić information content (AvgIpc) is 2.35. The number of nitrogens with one attached hydrogen (secondary N) is 1. The Bertz CT molecular complexity index is 399. The zero-order valence-corrected chi connectivity index (χ0v) is 12.2. The lowest BCUT2D eigenvalue weighted by Gasteiger charge is -2.10. The normalized spacial score (nSPS) is 10.4. The van der Waals surface area contributed by atoms with E-state index in [9.17, 15) is 4.79 Å². The van der Waals surface area contributed by atoms with Crippen LogP contribution in [0.15, 0.2) is 23.1 Å². The Balaban J connectivity index is 2.65. The van der Waals surface area contributed by atoms with Crippen LogP contribution in [0.2, 0.25) is 5.02 Å². The maximum atomic E-state index is 11.3. The minimum Gasteiger partial charge on any atom is -0.465 e. The molecule has 1 rings (SSSR count). The third-order valence-corrected chi connectivity index (χ3v) is 3.56. The number of hydrogen-bond donors (Lipinski definition) is 1. The molecule has 1 aromatic rings. The summed E-state index contributed by atoms with van der Waals surface area (Å²) >= 11 is 7.46. The number of benzene rings is 1. The summed E-state index contributed by atoms with van der Waals surface area (Å²) in [6.45, 7) is 5.93. The van der Waals surface area contributed by atoms with Crippen molar-refractivity contribution >= 4 is 29.3 Å². The summed E-state index contributed by atoms with van der Waals surface area (Å²) in [5.74, 6) is 0.140.